The number of Topliss-reactive ketones (excluding diaryl/α,β-unsaturated/α-hetero) is 1. The van der Waals surface area contributed by atoms with Gasteiger partial charge >= 0.3 is 5.97 Å². The number of amides is 1. The molecule has 0 saturated heterocycles. The zero-order chi connectivity index (χ0) is 22.6. The monoisotopic (exact) mass is 416 g/mol. The second-order valence-electron chi connectivity index (χ2n) is 7.14. The molecule has 2 aromatic rings. The number of aromatic amines is 1. The minimum atomic E-state index is -0.674. The van der Waals surface area contributed by atoms with Gasteiger partial charge in [-0.25, -0.2) is 4.79 Å². The van der Waals surface area contributed by atoms with E-state index < -0.39 is 12.6 Å². The molecule has 0 aliphatic heterocycles. The van der Waals surface area contributed by atoms with E-state index in [0.717, 1.165) is 11.1 Å². The van der Waals surface area contributed by atoms with Crippen molar-refractivity contribution < 1.29 is 28.6 Å². The fourth-order valence-electron chi connectivity index (χ4n) is 3.33. The van der Waals surface area contributed by atoms with Gasteiger partial charge in [0.15, 0.2) is 23.9 Å². The summed E-state index contributed by atoms with van der Waals surface area (Å²) in [5, 5.41) is 0. The lowest BCUT2D eigenvalue weighted by atomic mass is 10.1. The van der Waals surface area contributed by atoms with Crippen LogP contribution in [0.25, 0.3) is 0 Å². The van der Waals surface area contributed by atoms with E-state index in [0.29, 0.717) is 34.9 Å². The zero-order valence-corrected chi connectivity index (χ0v) is 18.5. The van der Waals surface area contributed by atoms with E-state index in [9.17, 15) is 14.4 Å². The Hall–Kier alpha value is -3.29. The highest BCUT2D eigenvalue weighted by Gasteiger charge is 2.22. The molecule has 1 amide bonds. The number of H-pyrrole nitrogens is 1. The molecule has 0 atom stereocenters. The molecule has 162 valence electrons. The third kappa shape index (κ3) is 4.82. The first kappa shape index (κ1) is 23.0. The summed E-state index contributed by atoms with van der Waals surface area (Å²) in [6, 6.07) is 3.66. The number of hydrogen-bond donors (Lipinski definition) is 1. The lowest BCUT2D eigenvalue weighted by Crippen LogP contribution is -2.31. The normalized spacial score (nSPS) is 10.5. The van der Waals surface area contributed by atoms with Crippen LogP contribution in [0.5, 0.6) is 11.5 Å². The number of nitrogens with zero attached hydrogens (tertiary/aromatic N) is 1. The van der Waals surface area contributed by atoms with Gasteiger partial charge < -0.3 is 24.1 Å². The lowest BCUT2D eigenvalue weighted by molar-refractivity contribution is -0.133. The van der Waals surface area contributed by atoms with Crippen molar-refractivity contribution in [2.24, 2.45) is 0 Å². The number of rotatable bonds is 8. The first-order valence-corrected chi connectivity index (χ1v) is 9.43. The van der Waals surface area contributed by atoms with E-state index in [1.807, 2.05) is 19.1 Å². The second-order valence-corrected chi connectivity index (χ2v) is 7.14. The fraction of sp³-hybridized carbons (Fsp3) is 0.409. The SMILES string of the molecule is COc1cc(C)c(CN(C)C(=O)COC(=O)c2[nH]c(C)c(C(C)=O)c2C)cc1OC. The molecule has 0 aliphatic rings. The van der Waals surface area contributed by atoms with Crippen molar-refractivity contribution in [3.05, 3.63) is 45.8 Å². The summed E-state index contributed by atoms with van der Waals surface area (Å²) in [6.45, 7) is 6.65. The van der Waals surface area contributed by atoms with Crippen LogP contribution >= 0.6 is 0 Å². The number of hydrogen-bond acceptors (Lipinski definition) is 6. The van der Waals surface area contributed by atoms with Crippen LogP contribution in [-0.4, -0.2) is 55.4 Å². The van der Waals surface area contributed by atoms with Crippen LogP contribution < -0.4 is 9.47 Å². The van der Waals surface area contributed by atoms with Gasteiger partial charge in [0.2, 0.25) is 0 Å². The Morgan fingerprint density at radius 2 is 1.63 bits per heavy atom. The van der Waals surface area contributed by atoms with Gasteiger partial charge in [-0.3, -0.25) is 9.59 Å². The molecule has 30 heavy (non-hydrogen) atoms. The highest BCUT2D eigenvalue weighted by Crippen LogP contribution is 2.30. The van der Waals surface area contributed by atoms with Crippen LogP contribution in [-0.2, 0) is 16.1 Å². The minimum absolute atomic E-state index is 0.138. The van der Waals surface area contributed by atoms with E-state index in [1.165, 1.54) is 11.8 Å². The Morgan fingerprint density at radius 1 is 1.03 bits per heavy atom. The third-order valence-electron chi connectivity index (χ3n) is 5.00. The Kier molecular flexibility index (Phi) is 7.26. The summed E-state index contributed by atoms with van der Waals surface area (Å²) in [7, 11) is 4.74. The summed E-state index contributed by atoms with van der Waals surface area (Å²) in [4.78, 5) is 40.9. The van der Waals surface area contributed by atoms with Gasteiger partial charge in [0, 0.05) is 24.8 Å². The Bertz CT molecular complexity index is 976. The molecule has 1 heterocycles. The van der Waals surface area contributed by atoms with Gasteiger partial charge in [0.25, 0.3) is 5.91 Å². The van der Waals surface area contributed by atoms with Gasteiger partial charge in [0.05, 0.1) is 14.2 Å². The standard InChI is InChI=1S/C22H28N2O6/c1-12-8-17(28-6)18(29-7)9-16(12)10-24(5)19(26)11-30-22(27)21-13(2)20(15(4)25)14(3)23-21/h8-9,23H,10-11H2,1-7H3. The predicted molar refractivity (Wildman–Crippen MR) is 111 cm³/mol. The molecular weight excluding hydrogens is 388 g/mol. The quantitative estimate of drug-likeness (QED) is 0.525. The highest BCUT2D eigenvalue weighted by atomic mass is 16.5. The molecule has 1 aromatic carbocycles. The number of aromatic nitrogens is 1. The van der Waals surface area contributed by atoms with Crippen LogP contribution in [0.3, 0.4) is 0 Å². The van der Waals surface area contributed by atoms with Crippen LogP contribution in [0, 0.1) is 20.8 Å². The van der Waals surface area contributed by atoms with E-state index in [4.69, 9.17) is 14.2 Å². The molecule has 0 radical (unpaired) electrons. The number of ether oxygens (including phenoxy) is 3. The maximum absolute atomic E-state index is 12.5. The molecule has 0 fully saturated rings. The summed E-state index contributed by atoms with van der Waals surface area (Å²) < 4.78 is 15.8. The number of carbonyl (C=O) groups is 3. The topological polar surface area (TPSA) is 97.9 Å². The van der Waals surface area contributed by atoms with Crippen LogP contribution in [0.1, 0.15) is 50.2 Å². The van der Waals surface area contributed by atoms with Crippen molar-refractivity contribution in [3.8, 4) is 11.5 Å². The number of ketones is 1. The molecule has 0 aliphatic carbocycles. The van der Waals surface area contributed by atoms with Crippen molar-refractivity contribution in [2.75, 3.05) is 27.9 Å². The van der Waals surface area contributed by atoms with Crippen molar-refractivity contribution in [3.63, 3.8) is 0 Å². The fourth-order valence-corrected chi connectivity index (χ4v) is 3.33. The maximum atomic E-state index is 12.5. The largest absolute Gasteiger partial charge is 0.493 e. The van der Waals surface area contributed by atoms with Crippen molar-refractivity contribution >= 4 is 17.7 Å². The summed E-state index contributed by atoms with van der Waals surface area (Å²) in [6.07, 6.45) is 0. The number of nitrogens with one attached hydrogen (secondary N) is 1. The smallest absolute Gasteiger partial charge is 0.355 e. The number of aryl methyl sites for hydroxylation is 2. The maximum Gasteiger partial charge on any atom is 0.355 e. The average Bonchev–Trinajstić information content (AvgIpc) is 3.00. The molecule has 8 nitrogen and oxygen atoms in total. The summed E-state index contributed by atoms with van der Waals surface area (Å²) >= 11 is 0. The van der Waals surface area contributed by atoms with Crippen molar-refractivity contribution in [1.82, 2.24) is 9.88 Å². The molecular formula is C22H28N2O6. The second kappa shape index (κ2) is 9.47. The first-order valence-electron chi connectivity index (χ1n) is 9.43. The molecule has 0 spiro atoms. The molecule has 1 aromatic heterocycles. The van der Waals surface area contributed by atoms with Crippen LogP contribution in [0.15, 0.2) is 12.1 Å². The zero-order valence-electron chi connectivity index (χ0n) is 18.5. The van der Waals surface area contributed by atoms with Gasteiger partial charge in [-0.15, -0.1) is 0 Å². The molecule has 0 bridgehead atoms. The number of likely N-dealkylation sites (N-methyl/N-ethyl adjacent to an activating group) is 1. The van der Waals surface area contributed by atoms with Crippen LogP contribution in [0.4, 0.5) is 0 Å². The number of esters is 1. The van der Waals surface area contributed by atoms with Gasteiger partial charge in [-0.05, 0) is 56.5 Å². The Morgan fingerprint density at radius 3 is 2.17 bits per heavy atom. The number of methoxy groups -OCH3 is 2. The first-order chi connectivity index (χ1) is 14.1. The highest BCUT2D eigenvalue weighted by molar-refractivity contribution is 6.01. The van der Waals surface area contributed by atoms with Crippen molar-refractivity contribution in [2.45, 2.75) is 34.2 Å². The Balaban J connectivity index is 2.04. The average molecular weight is 416 g/mol. The number of carbonyl (C=O) groups excluding carboxylic acids is 3. The van der Waals surface area contributed by atoms with E-state index >= 15 is 0 Å². The minimum Gasteiger partial charge on any atom is -0.493 e. The molecule has 1 N–H and O–H groups in total. The van der Waals surface area contributed by atoms with Gasteiger partial charge in [-0.1, -0.05) is 0 Å². The van der Waals surface area contributed by atoms with Gasteiger partial charge in [0.1, 0.15) is 5.69 Å². The van der Waals surface area contributed by atoms with E-state index in [2.05, 4.69) is 4.98 Å². The molecule has 2 rings (SSSR count). The third-order valence-corrected chi connectivity index (χ3v) is 5.00. The predicted octanol–water partition coefficient (Wildman–Crippen LogP) is 2.98. The lowest BCUT2D eigenvalue weighted by Gasteiger charge is -2.20. The molecule has 0 saturated carbocycles. The van der Waals surface area contributed by atoms with Crippen molar-refractivity contribution in [1.29, 1.82) is 0 Å². The number of benzene rings is 1. The summed E-state index contributed by atoms with van der Waals surface area (Å²) in [5.41, 5.74) is 3.60. The molecule has 0 unspecified atom stereocenters. The summed E-state index contributed by atoms with van der Waals surface area (Å²) in [5.74, 6) is 0.0197. The van der Waals surface area contributed by atoms with Crippen LogP contribution in [0.2, 0.25) is 0 Å². The van der Waals surface area contributed by atoms with Gasteiger partial charge in [-0.2, -0.15) is 0 Å². The van der Waals surface area contributed by atoms with E-state index in [-0.39, 0.29) is 17.4 Å². The Labute approximate surface area is 176 Å². The molecule has 8 heteroatoms. The van der Waals surface area contributed by atoms with E-state index in [1.54, 1.807) is 35.1 Å².